The summed E-state index contributed by atoms with van der Waals surface area (Å²) in [7, 11) is -7.80. The molecule has 9 heterocycles. The summed E-state index contributed by atoms with van der Waals surface area (Å²) in [6, 6.07) is 6.20. The van der Waals surface area contributed by atoms with Crippen LogP contribution >= 0.6 is 68.8 Å². The molecule has 0 spiro atoms. The van der Waals surface area contributed by atoms with Gasteiger partial charge >= 0.3 is 0 Å². The zero-order valence-electron chi connectivity index (χ0n) is 46.4. The van der Waals surface area contributed by atoms with Crippen LogP contribution in [-0.2, 0) is 45.0 Å². The van der Waals surface area contributed by atoms with Gasteiger partial charge in [-0.15, -0.1) is 34.0 Å². The number of aromatic nitrogens is 9. The zero-order chi connectivity index (χ0) is 64.4. The van der Waals surface area contributed by atoms with Crippen molar-refractivity contribution in [2.24, 2.45) is 0 Å². The summed E-state index contributed by atoms with van der Waals surface area (Å²) in [6.45, 7) is 0. The van der Waals surface area contributed by atoms with Crippen LogP contribution < -0.4 is 30.1 Å². The molecule has 6 aromatic heterocycles. The lowest BCUT2D eigenvalue weighted by atomic mass is 10.1. The van der Waals surface area contributed by atoms with E-state index in [1.165, 1.54) is 91.6 Å². The molecule has 0 saturated carbocycles. The molecule has 12 rings (SSSR count). The monoisotopic (exact) mass is 1410 g/mol. The molecule has 474 valence electrons. The van der Waals surface area contributed by atoms with E-state index in [0.717, 1.165) is 62.4 Å². The lowest BCUT2D eigenvalue weighted by Gasteiger charge is -2.35. The molecule has 0 radical (unpaired) electrons. The van der Waals surface area contributed by atoms with Gasteiger partial charge in [0, 0.05) is 92.1 Å². The van der Waals surface area contributed by atoms with Crippen LogP contribution in [0.2, 0.25) is 15.1 Å². The molecule has 3 fully saturated rings. The first-order valence-corrected chi connectivity index (χ1v) is 34.0. The minimum atomic E-state index is -3.92. The summed E-state index contributed by atoms with van der Waals surface area (Å²) in [6.07, 6.45) is 15.4. The fourth-order valence-electron chi connectivity index (χ4n) is 9.12. The minimum absolute atomic E-state index is 0.147. The third-order valence-corrected chi connectivity index (χ3v) is 23.1. The average molecular weight is 1410 g/mol. The highest BCUT2D eigenvalue weighted by molar-refractivity contribution is 7.87. The smallest absolute Gasteiger partial charge is 0.280 e. The molecule has 9 N–H and O–H groups in total. The number of anilines is 3. The number of amides is 3. The van der Waals surface area contributed by atoms with E-state index < -0.39 is 102 Å². The Morgan fingerprint density at radius 3 is 0.967 bits per heavy atom. The molecule has 2 unspecified atom stereocenters. The Bertz CT molecular complexity index is 3990. The number of carbonyl (C=O) groups is 3. The highest BCUT2D eigenvalue weighted by Crippen LogP contribution is 2.38. The number of H-pyrrole nitrogens is 3. The highest BCUT2D eigenvalue weighted by Gasteiger charge is 2.44. The second kappa shape index (κ2) is 27.4. The Morgan fingerprint density at radius 1 is 0.467 bits per heavy atom. The van der Waals surface area contributed by atoms with Crippen molar-refractivity contribution in [3.05, 3.63) is 158 Å². The lowest BCUT2D eigenvalue weighted by molar-refractivity contribution is -0.120. The Kier molecular flexibility index (Phi) is 20.0. The molecular weight excluding hydrogens is 1360 g/mol. The summed E-state index contributed by atoms with van der Waals surface area (Å²) in [5.74, 6) is -3.51. The Labute approximate surface area is 537 Å². The third-order valence-electron chi connectivity index (χ3n) is 14.0. The summed E-state index contributed by atoms with van der Waals surface area (Å²) >= 11 is 21.2. The molecule has 3 aliphatic rings. The van der Waals surface area contributed by atoms with E-state index in [0.29, 0.717) is 15.0 Å². The van der Waals surface area contributed by atoms with E-state index in [2.05, 4.69) is 75.7 Å². The van der Waals surface area contributed by atoms with Gasteiger partial charge in [0.1, 0.15) is 50.6 Å². The molecule has 3 aliphatic heterocycles. The van der Waals surface area contributed by atoms with Gasteiger partial charge in [0.05, 0.1) is 66.4 Å². The van der Waals surface area contributed by atoms with E-state index in [-0.39, 0.29) is 51.4 Å². The van der Waals surface area contributed by atoms with E-state index in [9.17, 15) is 52.8 Å². The zero-order valence-corrected chi connectivity index (χ0v) is 53.6. The van der Waals surface area contributed by atoms with Crippen LogP contribution in [0, 0.1) is 17.5 Å². The topological polar surface area (TPSA) is 360 Å². The lowest BCUT2D eigenvalue weighted by Crippen LogP contribution is -2.55. The molecule has 3 amide bonds. The first-order valence-electron chi connectivity index (χ1n) is 26.1. The number of nitrogens with zero attached hydrogens (tertiary/aromatic N) is 9. The second-order valence-electron chi connectivity index (χ2n) is 19.8. The molecule has 6 atom stereocenters. The van der Waals surface area contributed by atoms with Gasteiger partial charge in [0.2, 0.25) is 17.7 Å². The van der Waals surface area contributed by atoms with Crippen molar-refractivity contribution in [2.45, 2.75) is 55.5 Å². The van der Waals surface area contributed by atoms with Crippen molar-refractivity contribution in [3.8, 4) is 31.3 Å². The fraction of sp³-hybridized carbons (Fsp3) is 0.235. The van der Waals surface area contributed by atoms with E-state index in [4.69, 9.17) is 34.8 Å². The largest absolute Gasteiger partial charge is 0.325 e. The van der Waals surface area contributed by atoms with Gasteiger partial charge in [-0.25, -0.2) is 28.1 Å². The van der Waals surface area contributed by atoms with Crippen molar-refractivity contribution in [2.75, 3.05) is 37.1 Å². The number of thiazole rings is 3. The molecule has 90 heavy (non-hydrogen) atoms. The first-order chi connectivity index (χ1) is 42.7. The van der Waals surface area contributed by atoms with Gasteiger partial charge in [-0.1, -0.05) is 34.8 Å². The third kappa shape index (κ3) is 15.1. The predicted molar refractivity (Wildman–Crippen MR) is 332 cm³/mol. The quantitative estimate of drug-likeness (QED) is 0.0567. The first kappa shape index (κ1) is 65.8. The number of likely N-dealkylation sites (N-methyl/N-ethyl adjacent to an activating group) is 3. The summed E-state index contributed by atoms with van der Waals surface area (Å²) in [4.78, 5) is 53.9. The molecule has 3 aromatic carbocycles. The number of halogens is 6. The van der Waals surface area contributed by atoms with Gasteiger partial charge in [-0.2, -0.15) is 67.6 Å². The number of nitrogens with one attached hydrogen (secondary N) is 9. The minimum Gasteiger partial charge on any atom is -0.325 e. The maximum absolute atomic E-state index is 13.3. The van der Waals surface area contributed by atoms with Crippen molar-refractivity contribution >= 4 is 134 Å². The fourth-order valence-corrected chi connectivity index (χ4v) is 16.5. The maximum atomic E-state index is 13.3. The number of hydrogen-bond donors (Lipinski definition) is 9. The second-order valence-corrected chi connectivity index (χ2v) is 29.5. The van der Waals surface area contributed by atoms with Gasteiger partial charge in [0.25, 0.3) is 30.6 Å². The van der Waals surface area contributed by atoms with Crippen molar-refractivity contribution in [3.63, 3.8) is 0 Å². The van der Waals surface area contributed by atoms with Crippen LogP contribution in [0.15, 0.2) is 110 Å². The molecule has 3 saturated heterocycles. The maximum Gasteiger partial charge on any atom is 0.280 e. The van der Waals surface area contributed by atoms with Crippen molar-refractivity contribution in [1.29, 1.82) is 0 Å². The van der Waals surface area contributed by atoms with Crippen LogP contribution in [0.5, 0.6) is 0 Å². The average Bonchev–Trinajstić information content (AvgIpc) is 1.23. The van der Waals surface area contributed by atoms with Gasteiger partial charge < -0.3 is 16.0 Å². The normalized spacial score (nSPS) is 21.4. The SMILES string of the molecule is CN1C(C(=O)Nc2ccc(F)c(Cl)c2)CC(c2ncc(-c3cn[nH]c3)s2)NS1(=O)=O.CN1[C@@H](C(=O)Nc2ccc(F)c(Cl)c2)C[C@@H](c2ncc(-c3cn[nH]c3)s2)NS1(=O)=O.CN1[C@H](C(=O)Nc2ccc(F)c(Cl)c2)C[C@H](c2ncc(-c3cn[nH]c3)s2)NS1(=O)=O. The number of hydrogen-bond acceptors (Lipinski definition) is 18. The van der Waals surface area contributed by atoms with E-state index in [1.807, 2.05) is 0 Å². The van der Waals surface area contributed by atoms with Crippen LogP contribution in [0.4, 0.5) is 30.2 Å². The van der Waals surface area contributed by atoms with Gasteiger partial charge in [0.15, 0.2) is 0 Å². The van der Waals surface area contributed by atoms with E-state index in [1.54, 1.807) is 55.8 Å². The van der Waals surface area contributed by atoms with Crippen LogP contribution in [0.3, 0.4) is 0 Å². The molecule has 39 heteroatoms. The van der Waals surface area contributed by atoms with Crippen LogP contribution in [0.25, 0.3) is 31.3 Å². The Morgan fingerprint density at radius 2 is 0.733 bits per heavy atom. The summed E-state index contributed by atoms with van der Waals surface area (Å²) in [5, 5.41) is 28.8. The van der Waals surface area contributed by atoms with Crippen molar-refractivity contribution < 1.29 is 52.8 Å². The van der Waals surface area contributed by atoms with Gasteiger partial charge in [-0.05, 0) is 73.9 Å². The number of aromatic amines is 3. The number of benzene rings is 3. The molecule has 27 nitrogen and oxygen atoms in total. The van der Waals surface area contributed by atoms with Crippen LogP contribution in [0.1, 0.15) is 52.4 Å². The van der Waals surface area contributed by atoms with E-state index >= 15 is 0 Å². The molecule has 0 aliphatic carbocycles. The van der Waals surface area contributed by atoms with Gasteiger partial charge in [-0.3, -0.25) is 29.7 Å². The molecule has 0 bridgehead atoms. The van der Waals surface area contributed by atoms with Crippen LogP contribution in [-0.4, -0.2) is 141 Å². The summed E-state index contributed by atoms with van der Waals surface area (Å²) < 4.78 is 126. The highest BCUT2D eigenvalue weighted by atomic mass is 35.5. The van der Waals surface area contributed by atoms with Crippen molar-refractivity contribution in [1.82, 2.24) is 72.6 Å². The number of carbonyl (C=O) groups excluding carboxylic acids is 3. The molecule has 9 aromatic rings. The summed E-state index contributed by atoms with van der Waals surface area (Å²) in [5.41, 5.74) is 3.29. The number of rotatable bonds is 12. The Balaban J connectivity index is 0.000000148. The Hall–Kier alpha value is -7.14. The predicted octanol–water partition coefficient (Wildman–Crippen LogP) is 7.63. The molecular formula is C51H48Cl3F3N18O9S6. The standard InChI is InChI=1S/3C17H16ClFN6O3S2/c3*1-25-14(16(26)23-10-2-3-12(19)11(18)4-10)5-13(24-30(25,27)28)17-20-8-15(29-17)9-6-21-22-7-9/h3*2-4,6-8,13-14,24H,5H2,1H3,(H,21,22)(H,23,26)/t2*13-,14+;/m10./s1.